The minimum atomic E-state index is -0.717. The van der Waals surface area contributed by atoms with Gasteiger partial charge < -0.3 is 4.98 Å². The normalized spacial score (nSPS) is 10.9. The maximum absolute atomic E-state index is 10.6. The van der Waals surface area contributed by atoms with E-state index in [1.54, 1.807) is 18.3 Å². The Bertz CT molecular complexity index is 577. The van der Waals surface area contributed by atoms with Gasteiger partial charge in [-0.25, -0.2) is 0 Å². The van der Waals surface area contributed by atoms with Crippen molar-refractivity contribution in [2.45, 2.75) is 5.92 Å². The van der Waals surface area contributed by atoms with Crippen molar-refractivity contribution < 1.29 is 9.85 Å². The molecule has 1 heterocycles. The highest BCUT2D eigenvalue weighted by atomic mass is 16.6. The van der Waals surface area contributed by atoms with Crippen molar-refractivity contribution in [3.05, 3.63) is 56.3 Å². The molecule has 7 heteroatoms. The molecule has 94 valence electrons. The summed E-state index contributed by atoms with van der Waals surface area (Å²) in [5.74, 6) is -0.717. The highest BCUT2D eigenvalue weighted by molar-refractivity contribution is 5.83. The topological polar surface area (TPSA) is 102 Å². The van der Waals surface area contributed by atoms with Gasteiger partial charge in [0.25, 0.3) is 0 Å². The van der Waals surface area contributed by atoms with Crippen LogP contribution in [0, 0.1) is 20.2 Å². The Labute approximate surface area is 102 Å². The molecule has 0 unspecified atom stereocenters. The Hall–Kier alpha value is -2.44. The summed E-state index contributed by atoms with van der Waals surface area (Å²) in [4.78, 5) is 23.1. The Morgan fingerprint density at radius 1 is 1.11 bits per heavy atom. The first-order valence-electron chi connectivity index (χ1n) is 5.37. The van der Waals surface area contributed by atoms with Gasteiger partial charge in [-0.2, -0.15) is 0 Å². The second-order valence-electron chi connectivity index (χ2n) is 4.02. The molecule has 0 fully saturated rings. The maximum Gasteiger partial charge on any atom is 0.217 e. The Morgan fingerprint density at radius 3 is 2.33 bits per heavy atom. The molecule has 7 nitrogen and oxygen atoms in total. The van der Waals surface area contributed by atoms with Gasteiger partial charge in [0.2, 0.25) is 13.1 Å². The van der Waals surface area contributed by atoms with E-state index in [9.17, 15) is 20.2 Å². The van der Waals surface area contributed by atoms with Crippen LogP contribution in [-0.4, -0.2) is 27.9 Å². The molecular formula is C11H11N3O4. The maximum atomic E-state index is 10.6. The fourth-order valence-electron chi connectivity index (χ4n) is 2.05. The number of hydrogen-bond donors (Lipinski definition) is 1. The van der Waals surface area contributed by atoms with E-state index in [2.05, 4.69) is 4.98 Å². The first-order chi connectivity index (χ1) is 8.58. The SMILES string of the molecule is O=[N+]([O-])CC(C[N+](=O)[O-])c1c[nH]c2ccccc12. The van der Waals surface area contributed by atoms with Crippen LogP contribution in [-0.2, 0) is 0 Å². The van der Waals surface area contributed by atoms with Gasteiger partial charge >= 0.3 is 0 Å². The zero-order valence-electron chi connectivity index (χ0n) is 9.41. The van der Waals surface area contributed by atoms with Crippen LogP contribution in [0.15, 0.2) is 30.5 Å². The second-order valence-corrected chi connectivity index (χ2v) is 4.02. The number of H-pyrrole nitrogens is 1. The molecule has 0 aliphatic heterocycles. The van der Waals surface area contributed by atoms with E-state index in [1.807, 2.05) is 12.1 Å². The molecule has 1 aromatic carbocycles. The third kappa shape index (κ3) is 2.45. The van der Waals surface area contributed by atoms with Crippen LogP contribution in [0.1, 0.15) is 11.5 Å². The molecule has 2 rings (SSSR count). The second kappa shape index (κ2) is 4.82. The van der Waals surface area contributed by atoms with Gasteiger partial charge in [0.1, 0.15) is 5.92 Å². The van der Waals surface area contributed by atoms with Crippen LogP contribution in [0.2, 0.25) is 0 Å². The minimum Gasteiger partial charge on any atom is -0.361 e. The minimum absolute atomic E-state index is 0.442. The smallest absolute Gasteiger partial charge is 0.217 e. The lowest BCUT2D eigenvalue weighted by molar-refractivity contribution is -0.516. The average Bonchev–Trinajstić information content (AvgIpc) is 2.70. The third-order valence-electron chi connectivity index (χ3n) is 2.80. The van der Waals surface area contributed by atoms with E-state index in [-0.39, 0.29) is 0 Å². The zero-order valence-corrected chi connectivity index (χ0v) is 9.41. The van der Waals surface area contributed by atoms with Crippen molar-refractivity contribution >= 4 is 10.9 Å². The molecule has 0 spiro atoms. The summed E-state index contributed by atoms with van der Waals surface area (Å²) in [6.45, 7) is -0.883. The number of nitrogens with one attached hydrogen (secondary N) is 1. The lowest BCUT2D eigenvalue weighted by Crippen LogP contribution is -2.20. The Kier molecular flexibility index (Phi) is 3.22. The standard InChI is InChI=1S/C11H11N3O4/c15-13(16)6-8(7-14(17)18)10-5-12-11-4-2-1-3-9(10)11/h1-5,8,12H,6-7H2. The van der Waals surface area contributed by atoms with E-state index in [4.69, 9.17) is 0 Å². The van der Waals surface area contributed by atoms with E-state index >= 15 is 0 Å². The van der Waals surface area contributed by atoms with E-state index < -0.39 is 28.9 Å². The molecular weight excluding hydrogens is 238 g/mol. The van der Waals surface area contributed by atoms with E-state index in [1.165, 1.54) is 0 Å². The van der Waals surface area contributed by atoms with Gasteiger partial charge in [0.15, 0.2) is 0 Å². The first-order valence-corrected chi connectivity index (χ1v) is 5.37. The zero-order chi connectivity index (χ0) is 13.1. The van der Waals surface area contributed by atoms with Crippen molar-refractivity contribution in [3.8, 4) is 0 Å². The molecule has 0 amide bonds. The number of benzene rings is 1. The Morgan fingerprint density at radius 2 is 1.72 bits per heavy atom. The summed E-state index contributed by atoms with van der Waals surface area (Å²) in [6, 6.07) is 7.26. The van der Waals surface area contributed by atoms with Gasteiger partial charge in [0.05, 0.1) is 0 Å². The van der Waals surface area contributed by atoms with Gasteiger partial charge in [-0.15, -0.1) is 0 Å². The monoisotopic (exact) mass is 249 g/mol. The highest BCUT2D eigenvalue weighted by Crippen LogP contribution is 2.25. The van der Waals surface area contributed by atoms with Crippen molar-refractivity contribution in [2.24, 2.45) is 0 Å². The number of nitro groups is 2. The van der Waals surface area contributed by atoms with Crippen LogP contribution in [0.25, 0.3) is 10.9 Å². The summed E-state index contributed by atoms with van der Waals surface area (Å²) in [6.07, 6.45) is 1.61. The molecule has 0 atom stereocenters. The fourth-order valence-corrected chi connectivity index (χ4v) is 2.05. The van der Waals surface area contributed by atoms with Crippen LogP contribution in [0.5, 0.6) is 0 Å². The summed E-state index contributed by atoms with van der Waals surface area (Å²) < 4.78 is 0. The lowest BCUT2D eigenvalue weighted by atomic mass is 9.99. The predicted molar refractivity (Wildman–Crippen MR) is 64.8 cm³/mol. The summed E-state index contributed by atoms with van der Waals surface area (Å²) >= 11 is 0. The summed E-state index contributed by atoms with van der Waals surface area (Å²) in [5, 5.41) is 22.0. The first kappa shape index (κ1) is 12.0. The molecule has 18 heavy (non-hydrogen) atoms. The van der Waals surface area contributed by atoms with Crippen molar-refractivity contribution in [1.29, 1.82) is 0 Å². The lowest BCUT2D eigenvalue weighted by Gasteiger charge is -2.07. The number of fused-ring (bicyclic) bond motifs is 1. The number of nitrogens with zero attached hydrogens (tertiary/aromatic N) is 2. The third-order valence-corrected chi connectivity index (χ3v) is 2.80. The largest absolute Gasteiger partial charge is 0.361 e. The van der Waals surface area contributed by atoms with Gasteiger partial charge in [0, 0.05) is 26.9 Å². The predicted octanol–water partition coefficient (Wildman–Crippen LogP) is 1.80. The Balaban J connectivity index is 2.40. The molecule has 2 aromatic rings. The number of aromatic amines is 1. The molecule has 0 bridgehead atoms. The van der Waals surface area contributed by atoms with Gasteiger partial charge in [-0.1, -0.05) is 18.2 Å². The van der Waals surface area contributed by atoms with E-state index in [0.717, 1.165) is 10.9 Å². The number of hydrogen-bond acceptors (Lipinski definition) is 4. The van der Waals surface area contributed by atoms with Crippen LogP contribution in [0.4, 0.5) is 0 Å². The van der Waals surface area contributed by atoms with E-state index in [0.29, 0.717) is 5.56 Å². The molecule has 1 aromatic heterocycles. The molecule has 0 aliphatic rings. The summed E-state index contributed by atoms with van der Waals surface area (Å²) in [5.41, 5.74) is 1.45. The molecule has 0 aliphatic carbocycles. The van der Waals surface area contributed by atoms with Gasteiger partial charge in [-0.3, -0.25) is 20.2 Å². The van der Waals surface area contributed by atoms with Crippen LogP contribution in [0.3, 0.4) is 0 Å². The van der Waals surface area contributed by atoms with Gasteiger partial charge in [-0.05, 0) is 11.6 Å². The van der Waals surface area contributed by atoms with Crippen molar-refractivity contribution in [2.75, 3.05) is 13.1 Å². The van der Waals surface area contributed by atoms with Crippen molar-refractivity contribution in [1.82, 2.24) is 4.98 Å². The number of para-hydroxylation sites is 1. The fraction of sp³-hybridized carbons (Fsp3) is 0.273. The number of rotatable bonds is 5. The number of aromatic nitrogens is 1. The molecule has 1 N–H and O–H groups in total. The van der Waals surface area contributed by atoms with Crippen molar-refractivity contribution in [3.63, 3.8) is 0 Å². The van der Waals surface area contributed by atoms with Crippen LogP contribution < -0.4 is 0 Å². The highest BCUT2D eigenvalue weighted by Gasteiger charge is 2.26. The van der Waals surface area contributed by atoms with Crippen LogP contribution >= 0.6 is 0 Å². The molecule has 0 radical (unpaired) electrons. The molecule has 0 saturated heterocycles. The molecule has 0 saturated carbocycles. The summed E-state index contributed by atoms with van der Waals surface area (Å²) in [7, 11) is 0. The average molecular weight is 249 g/mol. The quantitative estimate of drug-likeness (QED) is 0.644.